The molecule has 0 radical (unpaired) electrons. The zero-order valence-electron chi connectivity index (χ0n) is 9.37. The van der Waals surface area contributed by atoms with Gasteiger partial charge < -0.3 is 4.74 Å². The Hall–Kier alpha value is -0.830. The Labute approximate surface area is 91.1 Å². The average molecular weight is 209 g/mol. The number of carbonyl (C=O) groups excluding carboxylic acids is 1. The number of esters is 1. The molecule has 0 aromatic rings. The number of rotatable bonds is 2. The topological polar surface area (TPSA) is 29.5 Å². The van der Waals surface area contributed by atoms with Crippen LogP contribution in [0.2, 0.25) is 0 Å². The van der Waals surface area contributed by atoms with E-state index in [9.17, 15) is 4.79 Å². The van der Waals surface area contributed by atoms with Crippen molar-refractivity contribution in [1.29, 1.82) is 0 Å². The maximum atomic E-state index is 11.3. The number of fused-ring (bicyclic) bond motifs is 1. The van der Waals surface area contributed by atoms with Gasteiger partial charge in [0, 0.05) is 18.7 Å². The molecule has 0 aromatic carbocycles. The van der Waals surface area contributed by atoms with Crippen LogP contribution in [0.25, 0.3) is 0 Å². The lowest BCUT2D eigenvalue weighted by atomic mass is 9.97. The molecule has 2 saturated heterocycles. The van der Waals surface area contributed by atoms with Crippen molar-refractivity contribution in [3.8, 4) is 0 Å². The van der Waals surface area contributed by atoms with Gasteiger partial charge in [0.2, 0.25) is 0 Å². The Morgan fingerprint density at radius 2 is 2.47 bits per heavy atom. The van der Waals surface area contributed by atoms with Crippen LogP contribution < -0.4 is 0 Å². The predicted octanol–water partition coefficient (Wildman–Crippen LogP) is 1.73. The first-order chi connectivity index (χ1) is 7.29. The van der Waals surface area contributed by atoms with E-state index in [1.54, 1.807) is 6.08 Å². The summed E-state index contributed by atoms with van der Waals surface area (Å²) in [6, 6.07) is 0.694. The van der Waals surface area contributed by atoms with Gasteiger partial charge in [-0.1, -0.05) is 5.57 Å². The fourth-order valence-electron chi connectivity index (χ4n) is 2.59. The highest BCUT2D eigenvalue weighted by Gasteiger charge is 2.28. The molecule has 0 saturated carbocycles. The lowest BCUT2D eigenvalue weighted by Crippen LogP contribution is -2.35. The van der Waals surface area contributed by atoms with Crippen LogP contribution in [-0.2, 0) is 9.53 Å². The molecular weight excluding hydrogens is 190 g/mol. The zero-order chi connectivity index (χ0) is 10.7. The van der Waals surface area contributed by atoms with Gasteiger partial charge in [-0.15, -0.1) is 0 Å². The summed E-state index contributed by atoms with van der Waals surface area (Å²) in [6.45, 7) is 4.68. The van der Waals surface area contributed by atoms with Crippen LogP contribution >= 0.6 is 0 Å². The molecule has 1 unspecified atom stereocenters. The van der Waals surface area contributed by atoms with Crippen LogP contribution in [0, 0.1) is 0 Å². The van der Waals surface area contributed by atoms with Gasteiger partial charge in [0.05, 0.1) is 6.61 Å². The van der Waals surface area contributed by atoms with Crippen molar-refractivity contribution in [3.63, 3.8) is 0 Å². The van der Waals surface area contributed by atoms with Crippen molar-refractivity contribution < 1.29 is 9.53 Å². The Kier molecular flexibility index (Phi) is 3.41. The minimum Gasteiger partial charge on any atom is -0.463 e. The van der Waals surface area contributed by atoms with E-state index in [1.807, 2.05) is 6.92 Å². The van der Waals surface area contributed by atoms with E-state index in [0.29, 0.717) is 12.6 Å². The van der Waals surface area contributed by atoms with Crippen LogP contribution in [0.5, 0.6) is 0 Å². The minimum atomic E-state index is -0.168. The second-order valence-corrected chi connectivity index (χ2v) is 4.34. The largest absolute Gasteiger partial charge is 0.463 e. The third kappa shape index (κ3) is 2.59. The normalized spacial score (nSPS) is 29.1. The monoisotopic (exact) mass is 209 g/mol. The molecule has 0 aliphatic carbocycles. The first-order valence-corrected chi connectivity index (χ1v) is 5.90. The molecular formula is C12H19NO2. The average Bonchev–Trinajstić information content (AvgIpc) is 2.65. The highest BCUT2D eigenvalue weighted by atomic mass is 16.5. The molecule has 0 N–H and O–H groups in total. The van der Waals surface area contributed by atoms with Gasteiger partial charge in [-0.3, -0.25) is 4.90 Å². The summed E-state index contributed by atoms with van der Waals surface area (Å²) in [5, 5.41) is 0. The molecule has 84 valence electrons. The van der Waals surface area contributed by atoms with Crippen LogP contribution in [0.3, 0.4) is 0 Å². The van der Waals surface area contributed by atoms with Gasteiger partial charge in [0.1, 0.15) is 0 Å². The first kappa shape index (κ1) is 10.7. The standard InChI is InChI=1S/C12H19NO2/c1-2-15-12(14)9-10-5-7-13-6-3-4-11(13)8-10/h9,11H,2-8H2,1H3/b10-9-. The van der Waals surface area contributed by atoms with Crippen molar-refractivity contribution in [3.05, 3.63) is 11.6 Å². The SMILES string of the molecule is CCOC(=O)/C=C1/CCN2CCCC2C1. The Morgan fingerprint density at radius 1 is 1.60 bits per heavy atom. The molecule has 2 rings (SSSR count). The summed E-state index contributed by atoms with van der Waals surface area (Å²) in [5.41, 5.74) is 1.27. The molecule has 3 heteroatoms. The fourth-order valence-corrected chi connectivity index (χ4v) is 2.59. The summed E-state index contributed by atoms with van der Waals surface area (Å²) in [6.07, 6.45) is 6.42. The number of ether oxygens (including phenoxy) is 1. The lowest BCUT2D eigenvalue weighted by molar-refractivity contribution is -0.137. The third-order valence-electron chi connectivity index (χ3n) is 3.33. The van der Waals surface area contributed by atoms with Crippen molar-refractivity contribution in [2.45, 2.75) is 38.6 Å². The number of carbonyl (C=O) groups is 1. The molecule has 2 aliphatic heterocycles. The van der Waals surface area contributed by atoms with E-state index in [1.165, 1.54) is 25.0 Å². The summed E-state index contributed by atoms with van der Waals surface area (Å²) >= 11 is 0. The van der Waals surface area contributed by atoms with Gasteiger partial charge in [-0.05, 0) is 39.2 Å². The van der Waals surface area contributed by atoms with Crippen LogP contribution in [0.15, 0.2) is 11.6 Å². The van der Waals surface area contributed by atoms with Crippen molar-refractivity contribution in [2.75, 3.05) is 19.7 Å². The molecule has 2 fully saturated rings. The maximum Gasteiger partial charge on any atom is 0.330 e. The molecule has 15 heavy (non-hydrogen) atoms. The Balaban J connectivity index is 1.91. The number of piperidine rings is 1. The lowest BCUT2D eigenvalue weighted by Gasteiger charge is -2.30. The van der Waals surface area contributed by atoms with Crippen LogP contribution in [0.4, 0.5) is 0 Å². The summed E-state index contributed by atoms with van der Waals surface area (Å²) < 4.78 is 4.93. The maximum absolute atomic E-state index is 11.3. The molecule has 2 aliphatic rings. The number of hydrogen-bond acceptors (Lipinski definition) is 3. The highest BCUT2D eigenvalue weighted by Crippen LogP contribution is 2.29. The third-order valence-corrected chi connectivity index (χ3v) is 3.33. The summed E-state index contributed by atoms with van der Waals surface area (Å²) in [7, 11) is 0. The van der Waals surface area contributed by atoms with E-state index in [-0.39, 0.29) is 5.97 Å². The smallest absolute Gasteiger partial charge is 0.330 e. The predicted molar refractivity (Wildman–Crippen MR) is 58.5 cm³/mol. The molecule has 2 heterocycles. The van der Waals surface area contributed by atoms with E-state index >= 15 is 0 Å². The first-order valence-electron chi connectivity index (χ1n) is 5.90. The van der Waals surface area contributed by atoms with Crippen LogP contribution in [0.1, 0.15) is 32.6 Å². The second kappa shape index (κ2) is 4.79. The van der Waals surface area contributed by atoms with Gasteiger partial charge in [0.15, 0.2) is 0 Å². The molecule has 3 nitrogen and oxygen atoms in total. The second-order valence-electron chi connectivity index (χ2n) is 4.34. The summed E-state index contributed by atoms with van der Waals surface area (Å²) in [4.78, 5) is 13.8. The molecule has 0 spiro atoms. The molecule has 0 amide bonds. The minimum absolute atomic E-state index is 0.168. The van der Waals surface area contributed by atoms with E-state index in [4.69, 9.17) is 4.74 Å². The van der Waals surface area contributed by atoms with Gasteiger partial charge in [-0.2, -0.15) is 0 Å². The van der Waals surface area contributed by atoms with Gasteiger partial charge >= 0.3 is 5.97 Å². The molecule has 0 aromatic heterocycles. The van der Waals surface area contributed by atoms with E-state index < -0.39 is 0 Å². The zero-order valence-corrected chi connectivity index (χ0v) is 9.37. The fraction of sp³-hybridized carbons (Fsp3) is 0.750. The Bertz CT molecular complexity index is 273. The van der Waals surface area contributed by atoms with Gasteiger partial charge in [0.25, 0.3) is 0 Å². The molecule has 0 bridgehead atoms. The van der Waals surface area contributed by atoms with E-state index in [0.717, 1.165) is 19.4 Å². The summed E-state index contributed by atoms with van der Waals surface area (Å²) in [5.74, 6) is -0.168. The van der Waals surface area contributed by atoms with Crippen LogP contribution in [-0.4, -0.2) is 36.6 Å². The number of nitrogens with zero attached hydrogens (tertiary/aromatic N) is 1. The van der Waals surface area contributed by atoms with Crippen molar-refractivity contribution >= 4 is 5.97 Å². The van der Waals surface area contributed by atoms with Crippen molar-refractivity contribution in [2.24, 2.45) is 0 Å². The van der Waals surface area contributed by atoms with Gasteiger partial charge in [-0.25, -0.2) is 4.79 Å². The number of hydrogen-bond donors (Lipinski definition) is 0. The highest BCUT2D eigenvalue weighted by molar-refractivity contribution is 5.82. The van der Waals surface area contributed by atoms with E-state index in [2.05, 4.69) is 4.90 Å². The quantitative estimate of drug-likeness (QED) is 0.512. The molecule has 1 atom stereocenters. The Morgan fingerprint density at radius 3 is 3.27 bits per heavy atom. The van der Waals surface area contributed by atoms with Crippen molar-refractivity contribution in [1.82, 2.24) is 4.90 Å².